The Balaban J connectivity index is 3.01. The Bertz CT molecular complexity index is 474. The third-order valence-electron chi connectivity index (χ3n) is 2.96. The summed E-state index contributed by atoms with van der Waals surface area (Å²) in [4.78, 5) is 23.8. The molecule has 0 aromatic heterocycles. The molecule has 1 amide bonds. The fourth-order valence-electron chi connectivity index (χ4n) is 1.56. The smallest absolute Gasteiger partial charge is 0.272 e. The van der Waals surface area contributed by atoms with E-state index in [2.05, 4.69) is 0 Å². The number of carbonyl (C=O) groups is 1. The molecular weight excluding hydrogens is 234 g/mol. The maximum Gasteiger partial charge on any atom is 0.272 e. The lowest BCUT2D eigenvalue weighted by atomic mass is 10.1. The highest BCUT2D eigenvalue weighted by molar-refractivity contribution is 5.94. The molecule has 1 atom stereocenters. The minimum Gasteiger partial charge on any atom is -0.338 e. The van der Waals surface area contributed by atoms with Gasteiger partial charge in [-0.15, -0.1) is 0 Å². The molecule has 0 aliphatic rings. The van der Waals surface area contributed by atoms with E-state index in [1.807, 2.05) is 6.92 Å². The number of hydrogen-bond donors (Lipinski definition) is 1. The van der Waals surface area contributed by atoms with Crippen LogP contribution in [0.4, 0.5) is 5.69 Å². The van der Waals surface area contributed by atoms with E-state index in [4.69, 9.17) is 5.73 Å². The van der Waals surface area contributed by atoms with E-state index in [-0.39, 0.29) is 17.6 Å². The van der Waals surface area contributed by atoms with Crippen molar-refractivity contribution in [3.8, 4) is 0 Å². The molecule has 0 saturated heterocycles. The standard InChI is InChI=1S/C12H17N3O3/c1-8-6-10(4-5-11(8)15(17)18)12(16)14(3)9(2)7-13/h4-6,9H,7,13H2,1-3H3. The summed E-state index contributed by atoms with van der Waals surface area (Å²) in [6.45, 7) is 3.83. The van der Waals surface area contributed by atoms with E-state index >= 15 is 0 Å². The van der Waals surface area contributed by atoms with Crippen LogP contribution in [0.25, 0.3) is 0 Å². The largest absolute Gasteiger partial charge is 0.338 e. The molecule has 0 aliphatic carbocycles. The molecule has 1 rings (SSSR count). The van der Waals surface area contributed by atoms with Gasteiger partial charge < -0.3 is 10.6 Å². The molecule has 0 spiro atoms. The quantitative estimate of drug-likeness (QED) is 0.645. The molecule has 0 bridgehead atoms. The van der Waals surface area contributed by atoms with Crippen LogP contribution in [0.2, 0.25) is 0 Å². The van der Waals surface area contributed by atoms with Gasteiger partial charge in [0.1, 0.15) is 0 Å². The van der Waals surface area contributed by atoms with Crippen LogP contribution in [-0.4, -0.2) is 35.4 Å². The Morgan fingerprint density at radius 1 is 1.56 bits per heavy atom. The van der Waals surface area contributed by atoms with Crippen LogP contribution in [0.1, 0.15) is 22.8 Å². The van der Waals surface area contributed by atoms with Gasteiger partial charge in [-0.2, -0.15) is 0 Å². The summed E-state index contributed by atoms with van der Waals surface area (Å²) < 4.78 is 0. The summed E-state index contributed by atoms with van der Waals surface area (Å²) in [5.41, 5.74) is 6.42. The predicted molar refractivity (Wildman–Crippen MR) is 68.4 cm³/mol. The zero-order valence-corrected chi connectivity index (χ0v) is 10.7. The maximum absolute atomic E-state index is 12.1. The molecule has 0 heterocycles. The Kier molecular flexibility index (Phi) is 4.38. The van der Waals surface area contributed by atoms with Gasteiger partial charge in [0.05, 0.1) is 4.92 Å². The van der Waals surface area contributed by atoms with Crippen LogP contribution < -0.4 is 5.73 Å². The second-order valence-electron chi connectivity index (χ2n) is 4.26. The van der Waals surface area contributed by atoms with E-state index in [0.717, 1.165) is 0 Å². The zero-order chi connectivity index (χ0) is 13.9. The molecule has 18 heavy (non-hydrogen) atoms. The lowest BCUT2D eigenvalue weighted by molar-refractivity contribution is -0.385. The second kappa shape index (κ2) is 5.59. The fourth-order valence-corrected chi connectivity index (χ4v) is 1.56. The van der Waals surface area contributed by atoms with Crippen molar-refractivity contribution in [1.82, 2.24) is 4.90 Å². The molecule has 0 radical (unpaired) electrons. The Morgan fingerprint density at radius 2 is 2.17 bits per heavy atom. The van der Waals surface area contributed by atoms with E-state index in [1.54, 1.807) is 14.0 Å². The number of benzene rings is 1. The first-order valence-electron chi connectivity index (χ1n) is 5.60. The molecule has 6 nitrogen and oxygen atoms in total. The van der Waals surface area contributed by atoms with Crippen molar-refractivity contribution >= 4 is 11.6 Å². The first kappa shape index (κ1) is 14.1. The van der Waals surface area contributed by atoms with Gasteiger partial charge in [0.25, 0.3) is 11.6 Å². The van der Waals surface area contributed by atoms with E-state index in [9.17, 15) is 14.9 Å². The molecule has 0 saturated carbocycles. The molecule has 98 valence electrons. The number of amides is 1. The van der Waals surface area contributed by atoms with Crippen LogP contribution >= 0.6 is 0 Å². The third-order valence-corrected chi connectivity index (χ3v) is 2.96. The third kappa shape index (κ3) is 2.84. The molecule has 0 aliphatic heterocycles. The van der Waals surface area contributed by atoms with Crippen molar-refractivity contribution in [2.75, 3.05) is 13.6 Å². The normalized spacial score (nSPS) is 12.0. The van der Waals surface area contributed by atoms with E-state index in [0.29, 0.717) is 17.7 Å². The summed E-state index contributed by atoms with van der Waals surface area (Å²) in [6.07, 6.45) is 0. The predicted octanol–water partition coefficient (Wildman–Crippen LogP) is 1.32. The molecule has 1 aromatic carbocycles. The van der Waals surface area contributed by atoms with Gasteiger partial charge in [-0.1, -0.05) is 0 Å². The highest BCUT2D eigenvalue weighted by Crippen LogP contribution is 2.19. The number of carbonyl (C=O) groups excluding carboxylic acids is 1. The van der Waals surface area contributed by atoms with Crippen molar-refractivity contribution in [2.24, 2.45) is 5.73 Å². The number of nitrogens with zero attached hydrogens (tertiary/aromatic N) is 2. The van der Waals surface area contributed by atoms with Gasteiger partial charge in [0.15, 0.2) is 0 Å². The van der Waals surface area contributed by atoms with Crippen LogP contribution in [0.5, 0.6) is 0 Å². The van der Waals surface area contributed by atoms with Crippen molar-refractivity contribution in [2.45, 2.75) is 19.9 Å². The lowest BCUT2D eigenvalue weighted by Gasteiger charge is -2.23. The van der Waals surface area contributed by atoms with Gasteiger partial charge in [-0.05, 0) is 26.0 Å². The summed E-state index contributed by atoms with van der Waals surface area (Å²) in [7, 11) is 1.66. The number of likely N-dealkylation sites (N-methyl/N-ethyl adjacent to an activating group) is 1. The second-order valence-corrected chi connectivity index (χ2v) is 4.26. The van der Waals surface area contributed by atoms with Gasteiger partial charge in [0.2, 0.25) is 0 Å². The number of rotatable bonds is 4. The van der Waals surface area contributed by atoms with Crippen LogP contribution in [0.3, 0.4) is 0 Å². The average Bonchev–Trinajstić information content (AvgIpc) is 2.35. The fraction of sp³-hybridized carbons (Fsp3) is 0.417. The number of nitro groups is 1. The van der Waals surface area contributed by atoms with Gasteiger partial charge in [-0.3, -0.25) is 14.9 Å². The van der Waals surface area contributed by atoms with Crippen LogP contribution in [0.15, 0.2) is 18.2 Å². The van der Waals surface area contributed by atoms with Crippen LogP contribution in [0, 0.1) is 17.0 Å². The molecule has 0 fully saturated rings. The number of nitro benzene ring substituents is 1. The molecule has 1 aromatic rings. The van der Waals surface area contributed by atoms with E-state index in [1.165, 1.54) is 23.1 Å². The van der Waals surface area contributed by atoms with Crippen molar-refractivity contribution < 1.29 is 9.72 Å². The summed E-state index contributed by atoms with van der Waals surface area (Å²) >= 11 is 0. The first-order chi connectivity index (χ1) is 8.38. The Labute approximate surface area is 106 Å². The highest BCUT2D eigenvalue weighted by Gasteiger charge is 2.19. The Hall–Kier alpha value is -1.95. The minimum absolute atomic E-state index is 0.0149. The first-order valence-corrected chi connectivity index (χ1v) is 5.60. The minimum atomic E-state index is -0.462. The zero-order valence-electron chi connectivity index (χ0n) is 10.7. The average molecular weight is 251 g/mol. The topological polar surface area (TPSA) is 89.5 Å². The molecular formula is C12H17N3O3. The maximum atomic E-state index is 12.1. The van der Waals surface area contributed by atoms with E-state index < -0.39 is 4.92 Å². The summed E-state index contributed by atoms with van der Waals surface area (Å²) in [5, 5.41) is 10.7. The highest BCUT2D eigenvalue weighted by atomic mass is 16.6. The monoisotopic (exact) mass is 251 g/mol. The van der Waals surface area contributed by atoms with Crippen molar-refractivity contribution in [3.63, 3.8) is 0 Å². The molecule has 2 N–H and O–H groups in total. The molecule has 1 unspecified atom stereocenters. The van der Waals surface area contributed by atoms with Crippen molar-refractivity contribution in [3.05, 3.63) is 39.4 Å². The van der Waals surface area contributed by atoms with Gasteiger partial charge >= 0.3 is 0 Å². The number of nitrogens with two attached hydrogens (primary N) is 1. The van der Waals surface area contributed by atoms with Crippen molar-refractivity contribution in [1.29, 1.82) is 0 Å². The number of aryl methyl sites for hydroxylation is 1. The number of hydrogen-bond acceptors (Lipinski definition) is 4. The van der Waals surface area contributed by atoms with Gasteiger partial charge in [-0.25, -0.2) is 0 Å². The Morgan fingerprint density at radius 3 is 2.61 bits per heavy atom. The lowest BCUT2D eigenvalue weighted by Crippen LogP contribution is -2.39. The van der Waals surface area contributed by atoms with Gasteiger partial charge in [0, 0.05) is 36.8 Å². The summed E-state index contributed by atoms with van der Waals surface area (Å²) in [5.74, 6) is -0.189. The SMILES string of the molecule is Cc1cc(C(=O)N(C)C(C)CN)ccc1[N+](=O)[O-]. The molecule has 6 heteroatoms. The van der Waals surface area contributed by atoms with Crippen LogP contribution in [-0.2, 0) is 0 Å². The summed E-state index contributed by atoms with van der Waals surface area (Å²) in [6, 6.07) is 4.27.